The minimum atomic E-state index is -0.612. The lowest BCUT2D eigenvalue weighted by Crippen LogP contribution is -2.54. The molecule has 0 spiro atoms. The molecule has 0 N–H and O–H groups in total. The predicted molar refractivity (Wildman–Crippen MR) is 94.2 cm³/mol. The highest BCUT2D eigenvalue weighted by atomic mass is 16.5. The molecule has 0 unspecified atom stereocenters. The summed E-state index contributed by atoms with van der Waals surface area (Å²) in [6.45, 7) is 10.5. The van der Waals surface area contributed by atoms with Crippen LogP contribution in [0.25, 0.3) is 0 Å². The van der Waals surface area contributed by atoms with Gasteiger partial charge < -0.3 is 14.2 Å². The standard InChI is InChI=1S/C19H27NO4/c1-6-7-14-12-16(22-4)17(23-5)13-15(14)18(21)19(2,3)20-8-10-24-11-9-20/h6,12-13H,1,7-11H2,2-5H3. The maximum absolute atomic E-state index is 13.3. The third-order valence-electron chi connectivity index (χ3n) is 4.58. The summed E-state index contributed by atoms with van der Waals surface area (Å²) < 4.78 is 16.2. The van der Waals surface area contributed by atoms with E-state index >= 15 is 0 Å². The quantitative estimate of drug-likeness (QED) is 0.567. The molecule has 0 radical (unpaired) electrons. The number of allylic oxidation sites excluding steroid dienone is 1. The van der Waals surface area contributed by atoms with Crippen LogP contribution in [0.5, 0.6) is 11.5 Å². The third-order valence-corrected chi connectivity index (χ3v) is 4.58. The van der Waals surface area contributed by atoms with Crippen LogP contribution in [-0.2, 0) is 11.2 Å². The first kappa shape index (κ1) is 18.5. The first-order valence-corrected chi connectivity index (χ1v) is 8.19. The Labute approximate surface area is 144 Å². The molecule has 0 saturated carbocycles. The van der Waals surface area contributed by atoms with E-state index in [1.54, 1.807) is 26.4 Å². The highest BCUT2D eigenvalue weighted by molar-refractivity contribution is 6.04. The molecule has 1 aromatic carbocycles. The van der Waals surface area contributed by atoms with E-state index in [4.69, 9.17) is 14.2 Å². The Bertz CT molecular complexity index is 604. The smallest absolute Gasteiger partial charge is 0.182 e. The van der Waals surface area contributed by atoms with Gasteiger partial charge in [0.1, 0.15) is 0 Å². The Hall–Kier alpha value is -1.85. The average Bonchev–Trinajstić information content (AvgIpc) is 2.61. The molecule has 1 saturated heterocycles. The van der Waals surface area contributed by atoms with Crippen molar-refractivity contribution in [3.05, 3.63) is 35.9 Å². The first-order chi connectivity index (χ1) is 11.5. The van der Waals surface area contributed by atoms with Crippen LogP contribution < -0.4 is 9.47 Å². The summed E-state index contributed by atoms with van der Waals surface area (Å²) in [5.41, 5.74) is 0.942. The summed E-state index contributed by atoms with van der Waals surface area (Å²) in [7, 11) is 3.17. The Kier molecular flexibility index (Phi) is 6.02. The van der Waals surface area contributed by atoms with E-state index < -0.39 is 5.54 Å². The zero-order chi connectivity index (χ0) is 17.7. The highest BCUT2D eigenvalue weighted by Crippen LogP contribution is 2.33. The zero-order valence-electron chi connectivity index (χ0n) is 15.1. The zero-order valence-corrected chi connectivity index (χ0v) is 15.1. The molecule has 24 heavy (non-hydrogen) atoms. The molecule has 132 valence electrons. The fourth-order valence-corrected chi connectivity index (χ4v) is 3.05. The molecule has 1 aliphatic heterocycles. The van der Waals surface area contributed by atoms with Crippen LogP contribution in [0.4, 0.5) is 0 Å². The van der Waals surface area contributed by atoms with Gasteiger partial charge in [-0.05, 0) is 38.0 Å². The second kappa shape index (κ2) is 7.81. The van der Waals surface area contributed by atoms with E-state index in [1.807, 2.05) is 19.9 Å². The second-order valence-corrected chi connectivity index (χ2v) is 6.34. The fraction of sp³-hybridized carbons (Fsp3) is 0.526. The highest BCUT2D eigenvalue weighted by Gasteiger charge is 2.37. The van der Waals surface area contributed by atoms with Gasteiger partial charge in [0.25, 0.3) is 0 Å². The lowest BCUT2D eigenvalue weighted by atomic mass is 9.87. The number of ether oxygens (including phenoxy) is 3. The molecule has 5 nitrogen and oxygen atoms in total. The number of Topliss-reactive ketones (excluding diaryl/α,β-unsaturated/α-hetero) is 1. The monoisotopic (exact) mass is 333 g/mol. The van der Waals surface area contributed by atoms with Gasteiger partial charge in [-0.3, -0.25) is 9.69 Å². The maximum Gasteiger partial charge on any atom is 0.182 e. The SMILES string of the molecule is C=CCc1cc(OC)c(OC)cc1C(=O)C(C)(C)N1CCOCC1. The van der Waals surface area contributed by atoms with Crippen molar-refractivity contribution < 1.29 is 19.0 Å². The number of rotatable bonds is 7. The minimum absolute atomic E-state index is 0.0715. The lowest BCUT2D eigenvalue weighted by Gasteiger charge is -2.39. The number of carbonyl (C=O) groups excluding carboxylic acids is 1. The summed E-state index contributed by atoms with van der Waals surface area (Å²) in [4.78, 5) is 15.5. The van der Waals surface area contributed by atoms with Gasteiger partial charge in [0, 0.05) is 18.7 Å². The van der Waals surface area contributed by atoms with Gasteiger partial charge in [-0.15, -0.1) is 6.58 Å². The topological polar surface area (TPSA) is 48.0 Å². The van der Waals surface area contributed by atoms with Crippen molar-refractivity contribution >= 4 is 5.78 Å². The minimum Gasteiger partial charge on any atom is -0.493 e. The van der Waals surface area contributed by atoms with Crippen molar-refractivity contribution in [2.45, 2.75) is 25.8 Å². The fourth-order valence-electron chi connectivity index (χ4n) is 3.05. The van der Waals surface area contributed by atoms with Crippen LogP contribution in [0.1, 0.15) is 29.8 Å². The summed E-state index contributed by atoms with van der Waals surface area (Å²) in [5, 5.41) is 0. The lowest BCUT2D eigenvalue weighted by molar-refractivity contribution is -0.00433. The molecule has 0 amide bonds. The molecule has 1 heterocycles. The van der Waals surface area contributed by atoms with Crippen LogP contribution in [0.2, 0.25) is 0 Å². The summed E-state index contributed by atoms with van der Waals surface area (Å²) in [5.74, 6) is 1.25. The number of hydrogen-bond donors (Lipinski definition) is 0. The van der Waals surface area contributed by atoms with Gasteiger partial charge >= 0.3 is 0 Å². The van der Waals surface area contributed by atoms with E-state index in [9.17, 15) is 4.79 Å². The van der Waals surface area contributed by atoms with Gasteiger partial charge in [-0.2, -0.15) is 0 Å². The van der Waals surface area contributed by atoms with Gasteiger partial charge in [0.05, 0.1) is 33.0 Å². The van der Waals surface area contributed by atoms with E-state index in [0.29, 0.717) is 36.7 Å². The van der Waals surface area contributed by atoms with Crippen molar-refractivity contribution in [3.8, 4) is 11.5 Å². The second-order valence-electron chi connectivity index (χ2n) is 6.34. The normalized spacial score (nSPS) is 15.8. The molecule has 2 rings (SSSR count). The molecule has 5 heteroatoms. The molecule has 0 aromatic heterocycles. The number of nitrogens with zero attached hydrogens (tertiary/aromatic N) is 1. The van der Waals surface area contributed by atoms with Crippen LogP contribution in [0.3, 0.4) is 0 Å². The predicted octanol–water partition coefficient (Wildman–Crippen LogP) is 2.73. The van der Waals surface area contributed by atoms with E-state index in [-0.39, 0.29) is 5.78 Å². The molecule has 1 aliphatic rings. The van der Waals surface area contributed by atoms with Crippen molar-refractivity contribution in [3.63, 3.8) is 0 Å². The third kappa shape index (κ3) is 3.62. The molecule has 0 aliphatic carbocycles. The molecule has 1 aromatic rings. The summed E-state index contributed by atoms with van der Waals surface area (Å²) >= 11 is 0. The Morgan fingerprint density at radius 3 is 2.38 bits per heavy atom. The first-order valence-electron chi connectivity index (χ1n) is 8.19. The number of ketones is 1. The Morgan fingerprint density at radius 1 is 1.25 bits per heavy atom. The van der Waals surface area contributed by atoms with Crippen molar-refractivity contribution in [2.24, 2.45) is 0 Å². The molecule has 0 bridgehead atoms. The molecular weight excluding hydrogens is 306 g/mol. The number of carbonyl (C=O) groups is 1. The van der Waals surface area contributed by atoms with Crippen LogP contribution in [-0.4, -0.2) is 56.7 Å². The van der Waals surface area contributed by atoms with Gasteiger partial charge in [0.15, 0.2) is 17.3 Å². The summed E-state index contributed by atoms with van der Waals surface area (Å²) in [6, 6.07) is 3.64. The molecule has 0 atom stereocenters. The van der Waals surface area contributed by atoms with Gasteiger partial charge in [0.2, 0.25) is 0 Å². The largest absolute Gasteiger partial charge is 0.493 e. The van der Waals surface area contributed by atoms with Crippen LogP contribution >= 0.6 is 0 Å². The number of methoxy groups -OCH3 is 2. The van der Waals surface area contributed by atoms with E-state index in [1.165, 1.54) is 0 Å². The van der Waals surface area contributed by atoms with E-state index in [2.05, 4.69) is 11.5 Å². The van der Waals surface area contributed by atoms with Crippen molar-refractivity contribution in [1.29, 1.82) is 0 Å². The number of morpholine rings is 1. The number of benzene rings is 1. The average molecular weight is 333 g/mol. The molecular formula is C19H27NO4. The Morgan fingerprint density at radius 2 is 1.83 bits per heavy atom. The van der Waals surface area contributed by atoms with Gasteiger partial charge in [-0.25, -0.2) is 0 Å². The molecule has 1 fully saturated rings. The maximum atomic E-state index is 13.3. The van der Waals surface area contributed by atoms with Crippen molar-refractivity contribution in [2.75, 3.05) is 40.5 Å². The summed E-state index contributed by atoms with van der Waals surface area (Å²) in [6.07, 6.45) is 2.39. The van der Waals surface area contributed by atoms with Crippen LogP contribution in [0.15, 0.2) is 24.8 Å². The Balaban J connectivity index is 2.44. The van der Waals surface area contributed by atoms with Crippen molar-refractivity contribution in [1.82, 2.24) is 4.90 Å². The number of hydrogen-bond acceptors (Lipinski definition) is 5. The van der Waals surface area contributed by atoms with Gasteiger partial charge in [-0.1, -0.05) is 6.08 Å². The van der Waals surface area contributed by atoms with E-state index in [0.717, 1.165) is 18.7 Å². The van der Waals surface area contributed by atoms with Crippen LogP contribution in [0, 0.1) is 0 Å².